The summed E-state index contributed by atoms with van der Waals surface area (Å²) in [6.07, 6.45) is 6.93. The van der Waals surface area contributed by atoms with E-state index >= 15 is 0 Å². The third-order valence-corrected chi connectivity index (χ3v) is 5.62. The summed E-state index contributed by atoms with van der Waals surface area (Å²) in [5, 5.41) is 9.39. The van der Waals surface area contributed by atoms with E-state index < -0.39 is 0 Å². The Hall–Kier alpha value is -3.78. The Bertz CT molecular complexity index is 1260. The maximum atomic E-state index is 5.56. The van der Waals surface area contributed by atoms with Crippen molar-refractivity contribution in [1.29, 1.82) is 0 Å². The van der Waals surface area contributed by atoms with Gasteiger partial charge < -0.3 is 9.64 Å². The fraction of sp³-hybridized carbons (Fsp3) is 0.250. The predicted molar refractivity (Wildman–Crippen MR) is 126 cm³/mol. The number of nitrogens with one attached hydrogen (secondary N) is 1. The third-order valence-electron chi connectivity index (χ3n) is 5.62. The van der Waals surface area contributed by atoms with E-state index in [1.54, 1.807) is 12.4 Å². The molecule has 0 atom stereocenters. The highest BCUT2D eigenvalue weighted by molar-refractivity contribution is 5.82. The second-order valence-corrected chi connectivity index (χ2v) is 7.88. The number of benzene rings is 1. The fourth-order valence-corrected chi connectivity index (χ4v) is 3.89. The molecule has 3 aromatic heterocycles. The number of aromatic nitrogens is 4. The summed E-state index contributed by atoms with van der Waals surface area (Å²) < 4.78 is 7.56. The Kier molecular flexibility index (Phi) is 5.51. The molecule has 8 heteroatoms. The van der Waals surface area contributed by atoms with Crippen molar-refractivity contribution in [2.75, 3.05) is 36.6 Å². The Balaban J connectivity index is 1.55. The number of rotatable bonds is 5. The molecule has 0 unspecified atom stereocenters. The Morgan fingerprint density at radius 3 is 2.66 bits per heavy atom. The highest BCUT2D eigenvalue weighted by Gasteiger charge is 2.19. The van der Waals surface area contributed by atoms with Gasteiger partial charge in [-0.2, -0.15) is 10.2 Å². The molecular formula is C24H25N7O. The van der Waals surface area contributed by atoms with Crippen LogP contribution in [0.2, 0.25) is 0 Å². The van der Waals surface area contributed by atoms with Gasteiger partial charge in [0.05, 0.1) is 36.3 Å². The Morgan fingerprint density at radius 2 is 1.88 bits per heavy atom. The van der Waals surface area contributed by atoms with Crippen LogP contribution in [-0.2, 0) is 4.74 Å². The van der Waals surface area contributed by atoms with Crippen molar-refractivity contribution in [3.63, 3.8) is 0 Å². The van der Waals surface area contributed by atoms with Crippen LogP contribution in [0.3, 0.4) is 0 Å². The number of aryl methyl sites for hydroxylation is 2. The summed E-state index contributed by atoms with van der Waals surface area (Å²) in [5.74, 6) is 1.00. The molecule has 1 fully saturated rings. The molecular weight excluding hydrogens is 402 g/mol. The molecule has 0 bridgehead atoms. The number of pyridine rings is 1. The molecule has 1 aromatic carbocycles. The van der Waals surface area contributed by atoms with E-state index in [0.29, 0.717) is 13.2 Å². The van der Waals surface area contributed by atoms with E-state index in [-0.39, 0.29) is 0 Å². The molecule has 1 saturated heterocycles. The van der Waals surface area contributed by atoms with Gasteiger partial charge in [0.2, 0.25) is 0 Å². The van der Waals surface area contributed by atoms with Crippen molar-refractivity contribution < 1.29 is 4.74 Å². The second-order valence-electron chi connectivity index (χ2n) is 7.88. The van der Waals surface area contributed by atoms with E-state index in [1.165, 1.54) is 11.9 Å². The van der Waals surface area contributed by atoms with E-state index in [0.717, 1.165) is 52.5 Å². The Morgan fingerprint density at radius 1 is 1.06 bits per heavy atom. The zero-order valence-electron chi connectivity index (χ0n) is 18.2. The lowest BCUT2D eigenvalue weighted by molar-refractivity contribution is 0.122. The molecule has 1 N–H and O–H groups in total. The van der Waals surface area contributed by atoms with Crippen LogP contribution in [0.25, 0.3) is 16.8 Å². The maximum Gasteiger partial charge on any atom is 0.133 e. The molecule has 1 aliphatic heterocycles. The first-order chi connectivity index (χ1) is 15.7. The van der Waals surface area contributed by atoms with Gasteiger partial charge in [0.1, 0.15) is 12.1 Å². The second kappa shape index (κ2) is 8.76. The van der Waals surface area contributed by atoms with Gasteiger partial charge in [-0.25, -0.2) is 14.5 Å². The topological polar surface area (TPSA) is 79.9 Å². The number of nitrogens with zero attached hydrogens (tertiary/aromatic N) is 6. The minimum atomic E-state index is 0.699. The first-order valence-electron chi connectivity index (χ1n) is 10.7. The van der Waals surface area contributed by atoms with Crippen molar-refractivity contribution in [2.45, 2.75) is 13.8 Å². The van der Waals surface area contributed by atoms with Crippen LogP contribution in [0.1, 0.15) is 16.7 Å². The van der Waals surface area contributed by atoms with Gasteiger partial charge in [0, 0.05) is 42.7 Å². The highest BCUT2D eigenvalue weighted by Crippen LogP contribution is 2.31. The van der Waals surface area contributed by atoms with Crippen LogP contribution in [-0.4, -0.2) is 52.1 Å². The van der Waals surface area contributed by atoms with Crippen LogP contribution in [0.4, 0.5) is 11.5 Å². The molecule has 0 amide bonds. The lowest BCUT2D eigenvalue weighted by Gasteiger charge is -2.29. The van der Waals surface area contributed by atoms with Crippen molar-refractivity contribution in [1.82, 2.24) is 19.6 Å². The van der Waals surface area contributed by atoms with Crippen LogP contribution in [0.5, 0.6) is 0 Å². The molecule has 0 radical (unpaired) electrons. The zero-order chi connectivity index (χ0) is 21.9. The first-order valence-corrected chi connectivity index (χ1v) is 10.7. The molecule has 4 aromatic rings. The molecule has 32 heavy (non-hydrogen) atoms. The molecule has 0 spiro atoms. The van der Waals surface area contributed by atoms with Crippen LogP contribution < -0.4 is 10.3 Å². The highest BCUT2D eigenvalue weighted by atomic mass is 16.5. The number of fused-ring (bicyclic) bond motifs is 1. The molecule has 8 nitrogen and oxygen atoms in total. The van der Waals surface area contributed by atoms with Gasteiger partial charge in [-0.1, -0.05) is 29.8 Å². The number of anilines is 2. The summed E-state index contributed by atoms with van der Waals surface area (Å²) in [5.41, 5.74) is 10.3. The van der Waals surface area contributed by atoms with Gasteiger partial charge in [-0.05, 0) is 25.5 Å². The van der Waals surface area contributed by atoms with Crippen molar-refractivity contribution >= 4 is 23.2 Å². The number of hydrazone groups is 1. The first kappa shape index (κ1) is 20.1. The minimum Gasteiger partial charge on any atom is -0.378 e. The summed E-state index contributed by atoms with van der Waals surface area (Å²) in [4.78, 5) is 10.6. The van der Waals surface area contributed by atoms with Crippen LogP contribution in [0.15, 0.2) is 60.2 Å². The standard InChI is InChI=1S/C24H25N7O/c1-17-4-3-5-19(10-17)13-27-28-21-12-24(30-6-8-32-9-7-30)31-23(18(21)2)11-22(29-31)20-14-25-16-26-15-20/h3-5,10-16,28H,6-9H2,1-2H3/b27-13+. The summed E-state index contributed by atoms with van der Waals surface area (Å²) in [6.45, 7) is 7.18. The average molecular weight is 428 g/mol. The van der Waals surface area contributed by atoms with E-state index in [4.69, 9.17) is 9.84 Å². The van der Waals surface area contributed by atoms with Gasteiger partial charge >= 0.3 is 0 Å². The molecule has 1 aliphatic rings. The molecule has 5 rings (SSSR count). The van der Waals surface area contributed by atoms with Crippen molar-refractivity contribution in [3.8, 4) is 11.3 Å². The number of hydrogen-bond donors (Lipinski definition) is 1. The summed E-state index contributed by atoms with van der Waals surface area (Å²) in [6, 6.07) is 12.4. The normalized spacial score (nSPS) is 14.4. The lowest BCUT2D eigenvalue weighted by Crippen LogP contribution is -2.37. The van der Waals surface area contributed by atoms with Crippen LogP contribution >= 0.6 is 0 Å². The predicted octanol–water partition coefficient (Wildman–Crippen LogP) is 3.69. The molecule has 4 heterocycles. The van der Waals surface area contributed by atoms with Crippen LogP contribution in [0, 0.1) is 13.8 Å². The Labute approximate surface area is 186 Å². The SMILES string of the molecule is Cc1cccc(/C=N/Nc2cc(N3CCOCC3)n3nc(-c4cncnc4)cc3c2C)c1. The van der Waals surface area contributed by atoms with Crippen molar-refractivity contribution in [2.24, 2.45) is 5.10 Å². The van der Waals surface area contributed by atoms with E-state index in [9.17, 15) is 0 Å². The largest absolute Gasteiger partial charge is 0.378 e. The number of morpholine rings is 1. The molecule has 162 valence electrons. The lowest BCUT2D eigenvalue weighted by atomic mass is 10.1. The molecule has 0 aliphatic carbocycles. The quantitative estimate of drug-likeness (QED) is 0.387. The third kappa shape index (κ3) is 4.04. The average Bonchev–Trinajstić information content (AvgIpc) is 3.28. The monoisotopic (exact) mass is 427 g/mol. The van der Waals surface area contributed by atoms with Gasteiger partial charge in [0.25, 0.3) is 0 Å². The fourth-order valence-electron chi connectivity index (χ4n) is 3.89. The minimum absolute atomic E-state index is 0.699. The summed E-state index contributed by atoms with van der Waals surface area (Å²) in [7, 11) is 0. The van der Waals surface area contributed by atoms with E-state index in [2.05, 4.69) is 63.5 Å². The number of ether oxygens (including phenoxy) is 1. The number of hydrogen-bond acceptors (Lipinski definition) is 7. The smallest absolute Gasteiger partial charge is 0.133 e. The van der Waals surface area contributed by atoms with Gasteiger partial charge in [0.15, 0.2) is 0 Å². The van der Waals surface area contributed by atoms with E-state index in [1.807, 2.05) is 22.9 Å². The molecule has 0 saturated carbocycles. The summed E-state index contributed by atoms with van der Waals surface area (Å²) >= 11 is 0. The van der Waals surface area contributed by atoms with Gasteiger partial charge in [-0.3, -0.25) is 5.43 Å². The van der Waals surface area contributed by atoms with Crippen molar-refractivity contribution in [3.05, 3.63) is 71.8 Å². The van der Waals surface area contributed by atoms with Gasteiger partial charge in [-0.15, -0.1) is 0 Å². The maximum absolute atomic E-state index is 5.56. The zero-order valence-corrected chi connectivity index (χ0v) is 18.2.